The standard InChI is InChI=1S/C33H42N4O5S/c38-32(34-43(40,41)36-14-6-7-15-36)25-12-13-28-29(21-25)37-22-26(33(39)35-16-18-42-19-17-35)20-24-10-4-5-11-27(24)31(37)30(28)23-8-2-1-3-9-23/h5,11-13,21,23,26H,1-4,6-10,14-20,22H2,(H,34,38). The molecule has 3 fully saturated rings. The number of hydrogen-bond acceptors (Lipinski definition) is 5. The van der Waals surface area contributed by atoms with Crippen molar-refractivity contribution in [2.75, 3.05) is 39.4 Å². The van der Waals surface area contributed by atoms with Crippen molar-refractivity contribution in [1.29, 1.82) is 0 Å². The number of nitrogens with zero attached hydrogens (tertiary/aromatic N) is 3. The Morgan fingerprint density at radius 3 is 2.49 bits per heavy atom. The van der Waals surface area contributed by atoms with Crippen molar-refractivity contribution in [1.82, 2.24) is 18.5 Å². The van der Waals surface area contributed by atoms with Crippen molar-refractivity contribution in [2.24, 2.45) is 5.92 Å². The van der Waals surface area contributed by atoms with Crippen LogP contribution in [0.15, 0.2) is 35.9 Å². The predicted octanol–water partition coefficient (Wildman–Crippen LogP) is 4.74. The number of hydrogen-bond donors (Lipinski definition) is 1. The zero-order valence-electron chi connectivity index (χ0n) is 24.9. The lowest BCUT2D eigenvalue weighted by Crippen LogP contribution is -2.44. The van der Waals surface area contributed by atoms with Crippen LogP contribution in [0.2, 0.25) is 0 Å². The summed E-state index contributed by atoms with van der Waals surface area (Å²) in [6, 6.07) is 5.64. The van der Waals surface area contributed by atoms with Gasteiger partial charge in [0.15, 0.2) is 0 Å². The van der Waals surface area contributed by atoms with Gasteiger partial charge >= 0.3 is 10.2 Å². The van der Waals surface area contributed by atoms with Crippen LogP contribution in [0, 0.1) is 5.92 Å². The number of carbonyl (C=O) groups excluding carboxylic acids is 2. The third-order valence-corrected chi connectivity index (χ3v) is 11.6. The van der Waals surface area contributed by atoms with E-state index in [4.69, 9.17) is 4.74 Å². The minimum Gasteiger partial charge on any atom is -0.378 e. The maximum Gasteiger partial charge on any atom is 0.304 e. The zero-order valence-corrected chi connectivity index (χ0v) is 25.7. The fraction of sp³-hybridized carbons (Fsp3) is 0.576. The highest BCUT2D eigenvalue weighted by atomic mass is 32.2. The summed E-state index contributed by atoms with van der Waals surface area (Å²) in [5, 5.41) is 1.12. The van der Waals surface area contributed by atoms with Crippen LogP contribution in [0.4, 0.5) is 0 Å². The molecule has 5 aliphatic rings. The summed E-state index contributed by atoms with van der Waals surface area (Å²) >= 11 is 0. The van der Waals surface area contributed by atoms with E-state index in [9.17, 15) is 18.0 Å². The highest BCUT2D eigenvalue weighted by Gasteiger charge is 2.36. The first kappa shape index (κ1) is 28.8. The SMILES string of the molecule is O=C(NS(=O)(=O)N1CCCC1)c1ccc2c(C3CCCCC3)c3n(c2c1)CC(C(=O)N1CCOCC1)CC1=C3C=CCC1. The fourth-order valence-corrected chi connectivity index (χ4v) is 9.15. The molecule has 3 aliphatic heterocycles. The van der Waals surface area contributed by atoms with Crippen LogP contribution >= 0.6 is 0 Å². The van der Waals surface area contributed by atoms with E-state index in [1.807, 2.05) is 17.0 Å². The van der Waals surface area contributed by atoms with Crippen LogP contribution in [0.5, 0.6) is 0 Å². The Kier molecular flexibility index (Phi) is 7.94. The van der Waals surface area contributed by atoms with Crippen LogP contribution in [-0.2, 0) is 26.3 Å². The Morgan fingerprint density at radius 1 is 0.953 bits per heavy atom. The second-order valence-electron chi connectivity index (χ2n) is 12.8. The second-order valence-corrected chi connectivity index (χ2v) is 14.4. The number of nitrogens with one attached hydrogen (secondary N) is 1. The monoisotopic (exact) mass is 606 g/mol. The maximum atomic E-state index is 14.0. The molecular formula is C33H42N4O5S. The highest BCUT2D eigenvalue weighted by molar-refractivity contribution is 7.87. The molecule has 7 rings (SSSR count). The minimum atomic E-state index is -3.89. The third kappa shape index (κ3) is 5.46. The predicted molar refractivity (Wildman–Crippen MR) is 166 cm³/mol. The molecule has 1 saturated carbocycles. The minimum absolute atomic E-state index is 0.171. The fourth-order valence-electron chi connectivity index (χ4n) is 7.93. The molecule has 1 atom stereocenters. The molecule has 0 bridgehead atoms. The van der Waals surface area contributed by atoms with Crippen LogP contribution in [0.25, 0.3) is 16.5 Å². The van der Waals surface area contributed by atoms with E-state index < -0.39 is 16.1 Å². The molecule has 1 aromatic heterocycles. The Bertz CT molecular complexity index is 1590. The van der Waals surface area contributed by atoms with Gasteiger partial charge in [0.25, 0.3) is 5.91 Å². The first-order valence-electron chi connectivity index (χ1n) is 16.1. The van der Waals surface area contributed by atoms with Crippen LogP contribution in [-0.4, -0.2) is 73.4 Å². The first-order chi connectivity index (χ1) is 20.9. The highest BCUT2D eigenvalue weighted by Crippen LogP contribution is 2.47. The number of fused-ring (bicyclic) bond motifs is 4. The van der Waals surface area contributed by atoms with E-state index in [0.717, 1.165) is 55.8 Å². The number of morpholine rings is 1. The molecule has 1 aromatic carbocycles. The first-order valence-corrected chi connectivity index (χ1v) is 17.6. The van der Waals surface area contributed by atoms with Crippen molar-refractivity contribution >= 4 is 38.5 Å². The van der Waals surface area contributed by atoms with Gasteiger partial charge in [-0.2, -0.15) is 12.7 Å². The largest absolute Gasteiger partial charge is 0.378 e. The molecule has 1 N–H and O–H groups in total. The van der Waals surface area contributed by atoms with Crippen molar-refractivity contribution in [2.45, 2.75) is 76.7 Å². The van der Waals surface area contributed by atoms with E-state index in [-0.39, 0.29) is 11.8 Å². The molecule has 10 heteroatoms. The van der Waals surface area contributed by atoms with Gasteiger partial charge in [0.05, 0.1) is 24.8 Å². The molecule has 2 aliphatic carbocycles. The van der Waals surface area contributed by atoms with Gasteiger partial charge in [-0.05, 0) is 74.1 Å². The second kappa shape index (κ2) is 11.9. The van der Waals surface area contributed by atoms with Gasteiger partial charge in [-0.25, -0.2) is 4.72 Å². The Hall–Kier alpha value is -2.95. The van der Waals surface area contributed by atoms with E-state index >= 15 is 0 Å². The van der Waals surface area contributed by atoms with Crippen molar-refractivity contribution in [3.05, 3.63) is 52.7 Å². The quantitative estimate of drug-likeness (QED) is 0.530. The van der Waals surface area contributed by atoms with Gasteiger partial charge in [-0.3, -0.25) is 9.59 Å². The summed E-state index contributed by atoms with van der Waals surface area (Å²) in [5.41, 5.74) is 6.36. The third-order valence-electron chi connectivity index (χ3n) is 10.1. The molecule has 2 saturated heterocycles. The molecule has 2 amide bonds. The van der Waals surface area contributed by atoms with Crippen molar-refractivity contribution < 1.29 is 22.7 Å². The number of allylic oxidation sites excluding steroid dienone is 4. The van der Waals surface area contributed by atoms with E-state index in [0.29, 0.717) is 57.4 Å². The topological polar surface area (TPSA) is 101 Å². The summed E-state index contributed by atoms with van der Waals surface area (Å²) in [6.45, 7) is 3.76. The Balaban J connectivity index is 1.34. The lowest BCUT2D eigenvalue weighted by Gasteiger charge is -2.30. The van der Waals surface area contributed by atoms with E-state index in [1.165, 1.54) is 46.0 Å². The molecule has 43 heavy (non-hydrogen) atoms. The summed E-state index contributed by atoms with van der Waals surface area (Å²) < 4.78 is 37.3. The molecule has 0 spiro atoms. The zero-order chi connectivity index (χ0) is 29.6. The molecule has 1 unspecified atom stereocenters. The molecule has 4 heterocycles. The molecule has 2 aromatic rings. The van der Waals surface area contributed by atoms with Crippen LogP contribution in [0.1, 0.15) is 91.7 Å². The van der Waals surface area contributed by atoms with Crippen molar-refractivity contribution in [3.8, 4) is 0 Å². The lowest BCUT2D eigenvalue weighted by molar-refractivity contribution is -0.140. The number of rotatable bonds is 5. The van der Waals surface area contributed by atoms with Gasteiger partial charge in [0.1, 0.15) is 0 Å². The van der Waals surface area contributed by atoms with Crippen LogP contribution < -0.4 is 4.72 Å². The summed E-state index contributed by atoms with van der Waals surface area (Å²) in [7, 11) is -3.89. The average Bonchev–Trinajstić information content (AvgIpc) is 3.65. The molecule has 9 nitrogen and oxygen atoms in total. The number of amides is 2. The maximum absolute atomic E-state index is 14.0. The molecule has 0 radical (unpaired) electrons. The summed E-state index contributed by atoms with van der Waals surface area (Å²) in [6.07, 6.45) is 14.7. The number of aromatic nitrogens is 1. The van der Waals surface area contributed by atoms with Crippen molar-refractivity contribution in [3.63, 3.8) is 0 Å². The van der Waals surface area contributed by atoms with E-state index in [2.05, 4.69) is 21.4 Å². The average molecular weight is 607 g/mol. The van der Waals surface area contributed by atoms with Gasteiger partial charge in [0.2, 0.25) is 5.91 Å². The molecular weight excluding hydrogens is 564 g/mol. The van der Waals surface area contributed by atoms with Gasteiger partial charge in [-0.15, -0.1) is 0 Å². The Morgan fingerprint density at radius 2 is 1.72 bits per heavy atom. The van der Waals surface area contributed by atoms with E-state index in [1.54, 1.807) is 6.07 Å². The van der Waals surface area contributed by atoms with Crippen LogP contribution in [0.3, 0.4) is 0 Å². The lowest BCUT2D eigenvalue weighted by atomic mass is 9.80. The number of benzene rings is 1. The Labute approximate surface area is 254 Å². The van der Waals surface area contributed by atoms with Gasteiger partial charge in [0, 0.05) is 49.2 Å². The number of carbonyl (C=O) groups is 2. The number of ether oxygens (including phenoxy) is 1. The normalized spacial score (nSPS) is 23.7. The molecule has 230 valence electrons. The summed E-state index contributed by atoms with van der Waals surface area (Å²) in [4.78, 5) is 29.3. The smallest absolute Gasteiger partial charge is 0.304 e. The summed E-state index contributed by atoms with van der Waals surface area (Å²) in [5.74, 6) is -0.239. The van der Waals surface area contributed by atoms with Gasteiger partial charge in [-0.1, -0.05) is 43.1 Å². The van der Waals surface area contributed by atoms with Gasteiger partial charge < -0.3 is 14.2 Å².